The second-order valence-electron chi connectivity index (χ2n) is 4.43. The quantitative estimate of drug-likeness (QED) is 0.746. The van der Waals surface area contributed by atoms with Gasteiger partial charge in [0.05, 0.1) is 19.8 Å². The van der Waals surface area contributed by atoms with Gasteiger partial charge >= 0.3 is 0 Å². The molecule has 5 nitrogen and oxygen atoms in total. The Morgan fingerprint density at radius 1 is 1.10 bits per heavy atom. The summed E-state index contributed by atoms with van der Waals surface area (Å²) in [5, 5.41) is 0.588. The Kier molecular flexibility index (Phi) is 3.35. The second kappa shape index (κ2) is 5.18. The molecular formula is C15H13ClN2O3. The Bertz CT molecular complexity index is 814. The van der Waals surface area contributed by atoms with Crippen LogP contribution >= 0.6 is 11.6 Å². The van der Waals surface area contributed by atoms with E-state index in [2.05, 4.69) is 4.98 Å². The monoisotopic (exact) mass is 304 g/mol. The minimum absolute atomic E-state index is 0.408. The van der Waals surface area contributed by atoms with Gasteiger partial charge in [-0.1, -0.05) is 11.6 Å². The third kappa shape index (κ3) is 2.36. The fourth-order valence-electron chi connectivity index (χ4n) is 2.09. The molecule has 0 amide bonds. The molecule has 3 rings (SSSR count). The molecule has 0 atom stereocenters. The summed E-state index contributed by atoms with van der Waals surface area (Å²) in [6.07, 6.45) is 0. The average molecular weight is 305 g/mol. The van der Waals surface area contributed by atoms with Crippen LogP contribution in [0.25, 0.3) is 22.6 Å². The molecule has 2 aromatic carbocycles. The number of rotatable bonds is 3. The molecule has 1 heterocycles. The SMILES string of the molecule is COc1cc(N)c(-c2nc3ccc(Cl)cc3o2)cc1OC. The zero-order valence-corrected chi connectivity index (χ0v) is 12.3. The third-order valence-electron chi connectivity index (χ3n) is 3.14. The molecule has 2 N–H and O–H groups in total. The molecule has 0 radical (unpaired) electrons. The van der Waals surface area contributed by atoms with Gasteiger partial charge in [-0.05, 0) is 18.2 Å². The van der Waals surface area contributed by atoms with Crippen LogP contribution in [0.4, 0.5) is 5.69 Å². The molecule has 0 aliphatic heterocycles. The van der Waals surface area contributed by atoms with Crippen molar-refractivity contribution in [2.45, 2.75) is 0 Å². The van der Waals surface area contributed by atoms with E-state index in [0.29, 0.717) is 44.8 Å². The predicted octanol–water partition coefficient (Wildman–Crippen LogP) is 3.75. The van der Waals surface area contributed by atoms with E-state index in [1.807, 2.05) is 0 Å². The molecule has 108 valence electrons. The standard InChI is InChI=1S/C15H13ClN2O3/c1-19-13-6-9(10(17)7-14(13)20-2)15-18-11-4-3-8(16)5-12(11)21-15/h3-7H,17H2,1-2H3. The smallest absolute Gasteiger partial charge is 0.229 e. The van der Waals surface area contributed by atoms with Gasteiger partial charge in [0.1, 0.15) is 5.52 Å². The number of hydrogen-bond donors (Lipinski definition) is 1. The largest absolute Gasteiger partial charge is 0.493 e. The zero-order valence-electron chi connectivity index (χ0n) is 11.5. The Labute approximate surface area is 126 Å². The number of nitrogen functional groups attached to an aromatic ring is 1. The van der Waals surface area contributed by atoms with Crippen molar-refractivity contribution >= 4 is 28.4 Å². The van der Waals surface area contributed by atoms with E-state index < -0.39 is 0 Å². The fourth-order valence-corrected chi connectivity index (χ4v) is 2.26. The van der Waals surface area contributed by atoms with Gasteiger partial charge in [-0.3, -0.25) is 0 Å². The van der Waals surface area contributed by atoms with Crippen LogP contribution in [0.3, 0.4) is 0 Å². The zero-order chi connectivity index (χ0) is 15.0. The number of fused-ring (bicyclic) bond motifs is 1. The number of halogens is 1. The van der Waals surface area contributed by atoms with Crippen molar-refractivity contribution in [3.05, 3.63) is 35.4 Å². The minimum atomic E-state index is 0.408. The first kappa shape index (κ1) is 13.6. The first-order valence-corrected chi connectivity index (χ1v) is 6.58. The van der Waals surface area contributed by atoms with E-state index in [1.54, 1.807) is 44.6 Å². The van der Waals surface area contributed by atoms with E-state index in [-0.39, 0.29) is 0 Å². The van der Waals surface area contributed by atoms with Gasteiger partial charge in [0.25, 0.3) is 0 Å². The first-order chi connectivity index (χ1) is 10.1. The van der Waals surface area contributed by atoms with E-state index in [9.17, 15) is 0 Å². The molecule has 3 aromatic rings. The van der Waals surface area contributed by atoms with Crippen LogP contribution < -0.4 is 15.2 Å². The van der Waals surface area contributed by atoms with Crippen molar-refractivity contribution in [3.8, 4) is 23.0 Å². The highest BCUT2D eigenvalue weighted by Crippen LogP contribution is 2.38. The number of ether oxygens (including phenoxy) is 2. The molecule has 6 heteroatoms. The number of hydrogen-bond acceptors (Lipinski definition) is 5. The van der Waals surface area contributed by atoms with E-state index in [0.717, 1.165) is 0 Å². The lowest BCUT2D eigenvalue weighted by atomic mass is 10.1. The Balaban J connectivity index is 2.17. The molecule has 21 heavy (non-hydrogen) atoms. The van der Waals surface area contributed by atoms with Gasteiger partial charge in [-0.25, -0.2) is 4.98 Å². The minimum Gasteiger partial charge on any atom is -0.493 e. The summed E-state index contributed by atoms with van der Waals surface area (Å²) in [4.78, 5) is 4.41. The van der Waals surface area contributed by atoms with Crippen LogP contribution in [0.15, 0.2) is 34.7 Å². The molecule has 0 aliphatic rings. The van der Waals surface area contributed by atoms with Crippen molar-refractivity contribution in [1.82, 2.24) is 4.98 Å². The number of benzene rings is 2. The van der Waals surface area contributed by atoms with Crippen molar-refractivity contribution < 1.29 is 13.9 Å². The second-order valence-corrected chi connectivity index (χ2v) is 4.86. The van der Waals surface area contributed by atoms with Crippen LogP contribution in [-0.2, 0) is 0 Å². The highest BCUT2D eigenvalue weighted by Gasteiger charge is 2.15. The van der Waals surface area contributed by atoms with Crippen molar-refractivity contribution in [2.24, 2.45) is 0 Å². The molecule has 0 unspecified atom stereocenters. The molecule has 0 bridgehead atoms. The molecule has 0 aliphatic carbocycles. The first-order valence-electron chi connectivity index (χ1n) is 6.20. The van der Waals surface area contributed by atoms with E-state index >= 15 is 0 Å². The topological polar surface area (TPSA) is 70.5 Å². The Hall–Kier alpha value is -2.40. The van der Waals surface area contributed by atoms with Gasteiger partial charge in [0.15, 0.2) is 17.1 Å². The summed E-state index contributed by atoms with van der Waals surface area (Å²) in [5.74, 6) is 1.52. The van der Waals surface area contributed by atoms with Crippen LogP contribution in [0, 0.1) is 0 Å². The summed E-state index contributed by atoms with van der Waals surface area (Å²) in [6.45, 7) is 0. The number of oxazole rings is 1. The number of anilines is 1. The summed E-state index contributed by atoms with van der Waals surface area (Å²) < 4.78 is 16.2. The maximum Gasteiger partial charge on any atom is 0.229 e. The summed E-state index contributed by atoms with van der Waals surface area (Å²) in [5.41, 5.74) is 8.49. The Morgan fingerprint density at radius 2 is 1.81 bits per heavy atom. The molecule has 0 fully saturated rings. The normalized spacial score (nSPS) is 10.8. The summed E-state index contributed by atoms with van der Waals surface area (Å²) in [6, 6.07) is 8.68. The van der Waals surface area contributed by atoms with E-state index in [1.165, 1.54) is 0 Å². The maximum atomic E-state index is 6.04. The van der Waals surface area contributed by atoms with Gasteiger partial charge in [0.2, 0.25) is 5.89 Å². The van der Waals surface area contributed by atoms with Gasteiger partial charge in [0, 0.05) is 22.8 Å². The van der Waals surface area contributed by atoms with Crippen molar-refractivity contribution in [1.29, 1.82) is 0 Å². The third-order valence-corrected chi connectivity index (χ3v) is 3.37. The lowest BCUT2D eigenvalue weighted by Crippen LogP contribution is -1.96. The fraction of sp³-hybridized carbons (Fsp3) is 0.133. The van der Waals surface area contributed by atoms with Crippen molar-refractivity contribution in [2.75, 3.05) is 20.0 Å². The summed E-state index contributed by atoms with van der Waals surface area (Å²) in [7, 11) is 3.11. The summed E-state index contributed by atoms with van der Waals surface area (Å²) >= 11 is 5.94. The number of methoxy groups -OCH3 is 2. The van der Waals surface area contributed by atoms with Crippen LogP contribution in [-0.4, -0.2) is 19.2 Å². The van der Waals surface area contributed by atoms with E-state index in [4.69, 9.17) is 31.2 Å². The van der Waals surface area contributed by atoms with Gasteiger partial charge in [-0.2, -0.15) is 0 Å². The number of nitrogens with zero attached hydrogens (tertiary/aromatic N) is 1. The average Bonchev–Trinajstić information content (AvgIpc) is 2.89. The van der Waals surface area contributed by atoms with Crippen molar-refractivity contribution in [3.63, 3.8) is 0 Å². The highest BCUT2D eigenvalue weighted by atomic mass is 35.5. The van der Waals surface area contributed by atoms with Crippen LogP contribution in [0.1, 0.15) is 0 Å². The molecule has 1 aromatic heterocycles. The predicted molar refractivity (Wildman–Crippen MR) is 82.0 cm³/mol. The Morgan fingerprint density at radius 3 is 2.52 bits per heavy atom. The maximum absolute atomic E-state index is 6.04. The lowest BCUT2D eigenvalue weighted by Gasteiger charge is -2.10. The van der Waals surface area contributed by atoms with Crippen LogP contribution in [0.5, 0.6) is 11.5 Å². The van der Waals surface area contributed by atoms with Crippen LogP contribution in [0.2, 0.25) is 5.02 Å². The van der Waals surface area contributed by atoms with Gasteiger partial charge < -0.3 is 19.6 Å². The number of nitrogens with two attached hydrogens (primary N) is 1. The molecule has 0 spiro atoms. The highest BCUT2D eigenvalue weighted by molar-refractivity contribution is 6.31. The molecule has 0 saturated carbocycles. The molecular weight excluding hydrogens is 292 g/mol. The lowest BCUT2D eigenvalue weighted by molar-refractivity contribution is 0.355. The van der Waals surface area contributed by atoms with Gasteiger partial charge in [-0.15, -0.1) is 0 Å². The number of aromatic nitrogens is 1. The molecule has 0 saturated heterocycles.